The molecule has 1 saturated carbocycles. The molecule has 1 aromatic rings. The van der Waals surface area contributed by atoms with E-state index in [2.05, 4.69) is 15.0 Å². The van der Waals surface area contributed by atoms with E-state index in [0.717, 1.165) is 12.1 Å². The molecule has 0 spiro atoms. The van der Waals surface area contributed by atoms with Gasteiger partial charge in [0.05, 0.1) is 6.61 Å². The van der Waals surface area contributed by atoms with Gasteiger partial charge in [-0.2, -0.15) is 0 Å². The Kier molecular flexibility index (Phi) is 5.47. The molecule has 0 radical (unpaired) electrons. The predicted octanol–water partition coefficient (Wildman–Crippen LogP) is 0.648. The fraction of sp³-hybridized carbons (Fsp3) is 0.615. The van der Waals surface area contributed by atoms with Crippen molar-refractivity contribution in [3.8, 4) is 0 Å². The van der Waals surface area contributed by atoms with Crippen LogP contribution >= 0.6 is 0 Å². The number of ether oxygens (including phenoxy) is 1. The summed E-state index contributed by atoms with van der Waals surface area (Å²) in [5.41, 5.74) is 0.991. The molecule has 0 aromatic carbocycles. The van der Waals surface area contributed by atoms with Crippen LogP contribution in [0.2, 0.25) is 0 Å². The van der Waals surface area contributed by atoms with Crippen LogP contribution in [-0.4, -0.2) is 39.2 Å². The molecule has 0 atom stereocenters. The van der Waals surface area contributed by atoms with Crippen LogP contribution in [0.5, 0.6) is 0 Å². The molecule has 1 aliphatic carbocycles. The SMILES string of the molecule is CCOCCNS(=O)(=O)c1ccc(CNC2CC2)cn1. The molecule has 0 bridgehead atoms. The summed E-state index contributed by atoms with van der Waals surface area (Å²) in [7, 11) is -3.54. The van der Waals surface area contributed by atoms with E-state index in [1.54, 1.807) is 12.3 Å². The number of pyridine rings is 1. The minimum atomic E-state index is -3.54. The van der Waals surface area contributed by atoms with E-state index < -0.39 is 10.0 Å². The molecule has 0 saturated heterocycles. The average molecular weight is 299 g/mol. The summed E-state index contributed by atoms with van der Waals surface area (Å²) in [6.45, 7) is 3.78. The smallest absolute Gasteiger partial charge is 0.258 e. The fourth-order valence-corrected chi connectivity index (χ4v) is 2.63. The second-order valence-corrected chi connectivity index (χ2v) is 6.47. The zero-order valence-corrected chi connectivity index (χ0v) is 12.4. The van der Waals surface area contributed by atoms with Crippen LogP contribution in [0.4, 0.5) is 0 Å². The molecule has 112 valence electrons. The predicted molar refractivity (Wildman–Crippen MR) is 75.8 cm³/mol. The highest BCUT2D eigenvalue weighted by Crippen LogP contribution is 2.19. The number of nitrogens with one attached hydrogen (secondary N) is 2. The molecular weight excluding hydrogens is 278 g/mol. The van der Waals surface area contributed by atoms with Crippen molar-refractivity contribution in [2.24, 2.45) is 0 Å². The lowest BCUT2D eigenvalue weighted by Crippen LogP contribution is -2.28. The summed E-state index contributed by atoms with van der Waals surface area (Å²) in [5, 5.41) is 3.40. The van der Waals surface area contributed by atoms with Crippen molar-refractivity contribution < 1.29 is 13.2 Å². The van der Waals surface area contributed by atoms with Gasteiger partial charge in [0.2, 0.25) is 0 Å². The summed E-state index contributed by atoms with van der Waals surface area (Å²) >= 11 is 0. The van der Waals surface area contributed by atoms with Crippen molar-refractivity contribution >= 4 is 10.0 Å². The molecule has 1 heterocycles. The lowest BCUT2D eigenvalue weighted by molar-refractivity contribution is 0.153. The van der Waals surface area contributed by atoms with E-state index in [0.29, 0.717) is 19.3 Å². The van der Waals surface area contributed by atoms with E-state index >= 15 is 0 Å². The largest absolute Gasteiger partial charge is 0.380 e. The fourth-order valence-electron chi connectivity index (χ4n) is 1.69. The highest BCUT2D eigenvalue weighted by Gasteiger charge is 2.20. The van der Waals surface area contributed by atoms with E-state index in [1.807, 2.05) is 6.92 Å². The molecule has 20 heavy (non-hydrogen) atoms. The number of hydrogen-bond donors (Lipinski definition) is 2. The first-order valence-electron chi connectivity index (χ1n) is 6.87. The second-order valence-electron chi connectivity index (χ2n) is 4.75. The Morgan fingerprint density at radius 2 is 2.20 bits per heavy atom. The Hall–Kier alpha value is -1.02. The van der Waals surface area contributed by atoms with Crippen LogP contribution in [0.1, 0.15) is 25.3 Å². The Bertz CT molecular complexity index is 512. The van der Waals surface area contributed by atoms with Crippen molar-refractivity contribution in [1.82, 2.24) is 15.0 Å². The summed E-state index contributed by atoms with van der Waals surface area (Å²) in [6, 6.07) is 3.95. The number of hydrogen-bond acceptors (Lipinski definition) is 5. The van der Waals surface area contributed by atoms with Crippen LogP contribution in [0, 0.1) is 0 Å². The minimum Gasteiger partial charge on any atom is -0.380 e. The van der Waals surface area contributed by atoms with Gasteiger partial charge in [-0.1, -0.05) is 6.07 Å². The number of rotatable bonds is 9. The molecule has 1 aliphatic rings. The molecule has 1 aromatic heterocycles. The van der Waals surface area contributed by atoms with Crippen molar-refractivity contribution in [1.29, 1.82) is 0 Å². The normalized spacial score (nSPS) is 15.4. The first kappa shape index (κ1) is 15.4. The van der Waals surface area contributed by atoms with Gasteiger partial charge in [-0.25, -0.2) is 18.1 Å². The van der Waals surface area contributed by atoms with Gasteiger partial charge in [-0.15, -0.1) is 0 Å². The van der Waals surface area contributed by atoms with Crippen LogP contribution in [0.15, 0.2) is 23.4 Å². The minimum absolute atomic E-state index is 0.0455. The maximum atomic E-state index is 11.9. The van der Waals surface area contributed by atoms with Gasteiger partial charge in [0.1, 0.15) is 0 Å². The topological polar surface area (TPSA) is 80.3 Å². The number of aromatic nitrogens is 1. The molecule has 7 heteroatoms. The van der Waals surface area contributed by atoms with Crippen molar-refractivity contribution in [3.63, 3.8) is 0 Å². The number of nitrogens with zero attached hydrogens (tertiary/aromatic N) is 1. The van der Waals surface area contributed by atoms with Crippen LogP contribution < -0.4 is 10.0 Å². The molecule has 0 amide bonds. The van der Waals surface area contributed by atoms with Crippen molar-refractivity contribution in [3.05, 3.63) is 23.9 Å². The van der Waals surface area contributed by atoms with Crippen molar-refractivity contribution in [2.75, 3.05) is 19.8 Å². The molecule has 2 N–H and O–H groups in total. The van der Waals surface area contributed by atoms with Crippen LogP contribution in [-0.2, 0) is 21.3 Å². The van der Waals surface area contributed by atoms with E-state index in [-0.39, 0.29) is 11.6 Å². The quantitative estimate of drug-likeness (QED) is 0.654. The Balaban J connectivity index is 1.86. The van der Waals surface area contributed by atoms with E-state index in [9.17, 15) is 8.42 Å². The van der Waals surface area contributed by atoms with Crippen LogP contribution in [0.3, 0.4) is 0 Å². The van der Waals surface area contributed by atoms with Crippen LogP contribution in [0.25, 0.3) is 0 Å². The Morgan fingerprint density at radius 1 is 1.40 bits per heavy atom. The van der Waals surface area contributed by atoms with E-state index in [1.165, 1.54) is 18.9 Å². The van der Waals surface area contributed by atoms with E-state index in [4.69, 9.17) is 4.74 Å². The van der Waals surface area contributed by atoms with Crippen molar-refractivity contribution in [2.45, 2.75) is 37.4 Å². The van der Waals surface area contributed by atoms with Gasteiger partial charge in [0.15, 0.2) is 5.03 Å². The number of sulfonamides is 1. The summed E-state index contributed by atoms with van der Waals surface area (Å²) in [4.78, 5) is 4.02. The standard InChI is InChI=1S/C13H21N3O3S/c1-2-19-8-7-16-20(17,18)13-6-3-11(10-15-13)9-14-12-4-5-12/h3,6,10,12,14,16H,2,4-5,7-9H2,1H3. The lowest BCUT2D eigenvalue weighted by atomic mass is 10.3. The van der Waals surface area contributed by atoms with Gasteiger partial charge in [0.25, 0.3) is 10.0 Å². The van der Waals surface area contributed by atoms with Gasteiger partial charge < -0.3 is 10.1 Å². The third kappa shape index (κ3) is 4.82. The monoisotopic (exact) mass is 299 g/mol. The maximum Gasteiger partial charge on any atom is 0.258 e. The van der Waals surface area contributed by atoms with Gasteiger partial charge in [0, 0.05) is 31.9 Å². The molecule has 0 unspecified atom stereocenters. The summed E-state index contributed by atoms with van der Waals surface area (Å²) in [6.07, 6.45) is 4.06. The lowest BCUT2D eigenvalue weighted by Gasteiger charge is -2.07. The molecular formula is C13H21N3O3S. The van der Waals surface area contributed by atoms with Gasteiger partial charge >= 0.3 is 0 Å². The van der Waals surface area contributed by atoms with Gasteiger partial charge in [-0.05, 0) is 31.4 Å². The Morgan fingerprint density at radius 3 is 2.80 bits per heavy atom. The zero-order valence-electron chi connectivity index (χ0n) is 11.6. The second kappa shape index (κ2) is 7.12. The summed E-state index contributed by atoms with van der Waals surface area (Å²) in [5.74, 6) is 0. The first-order chi connectivity index (χ1) is 9.62. The average Bonchev–Trinajstić information content (AvgIpc) is 3.26. The molecule has 2 rings (SSSR count). The maximum absolute atomic E-state index is 11.9. The van der Waals surface area contributed by atoms with Gasteiger partial charge in [-0.3, -0.25) is 0 Å². The third-order valence-electron chi connectivity index (χ3n) is 2.99. The molecule has 6 nitrogen and oxygen atoms in total. The first-order valence-corrected chi connectivity index (χ1v) is 8.36. The third-order valence-corrected chi connectivity index (χ3v) is 4.36. The molecule has 0 aliphatic heterocycles. The zero-order chi connectivity index (χ0) is 14.4. The molecule has 1 fully saturated rings. The Labute approximate surface area is 120 Å². The summed E-state index contributed by atoms with van der Waals surface area (Å²) < 4.78 is 31.4. The highest BCUT2D eigenvalue weighted by atomic mass is 32.2. The highest BCUT2D eigenvalue weighted by molar-refractivity contribution is 7.89.